The number of rotatable bonds is 6. The van der Waals surface area contributed by atoms with Gasteiger partial charge in [0.1, 0.15) is 5.75 Å². The van der Waals surface area contributed by atoms with E-state index in [1.165, 1.54) is 24.0 Å². The number of aryl methyl sites for hydroxylation is 2. The van der Waals surface area contributed by atoms with Crippen LogP contribution in [-0.4, -0.2) is 17.9 Å². The van der Waals surface area contributed by atoms with Gasteiger partial charge in [-0.25, -0.2) is 0 Å². The molecule has 0 bridgehead atoms. The summed E-state index contributed by atoms with van der Waals surface area (Å²) in [6.07, 6.45) is 4.46. The largest absolute Gasteiger partial charge is 0.481 e. The van der Waals surface area contributed by atoms with Gasteiger partial charge in [-0.05, 0) is 67.5 Å². The molecule has 0 aromatic heterocycles. The van der Waals surface area contributed by atoms with Crippen LogP contribution >= 0.6 is 0 Å². The summed E-state index contributed by atoms with van der Waals surface area (Å²) in [6.45, 7) is 1.89. The summed E-state index contributed by atoms with van der Waals surface area (Å²) in [4.78, 5) is 24.1. The molecule has 5 heteroatoms. The van der Waals surface area contributed by atoms with Crippen LogP contribution in [0.15, 0.2) is 42.5 Å². The van der Waals surface area contributed by atoms with Crippen LogP contribution < -0.4 is 15.8 Å². The molecule has 3 rings (SSSR count). The van der Waals surface area contributed by atoms with Gasteiger partial charge in [0.15, 0.2) is 6.10 Å². The van der Waals surface area contributed by atoms with Gasteiger partial charge in [-0.2, -0.15) is 0 Å². The molecule has 0 fully saturated rings. The molecule has 0 heterocycles. The van der Waals surface area contributed by atoms with E-state index < -0.39 is 12.0 Å². The Labute approximate surface area is 153 Å². The first-order valence-corrected chi connectivity index (χ1v) is 9.06. The zero-order valence-electron chi connectivity index (χ0n) is 15.0. The molecular formula is C21H24N2O3. The Kier molecular flexibility index (Phi) is 5.56. The first-order chi connectivity index (χ1) is 12.6. The van der Waals surface area contributed by atoms with Gasteiger partial charge in [0.2, 0.25) is 0 Å². The second-order valence-electron chi connectivity index (χ2n) is 6.55. The highest BCUT2D eigenvalue weighted by atomic mass is 16.5. The van der Waals surface area contributed by atoms with Crippen molar-refractivity contribution in [2.24, 2.45) is 5.73 Å². The van der Waals surface area contributed by atoms with Crippen molar-refractivity contribution in [1.29, 1.82) is 0 Å². The fourth-order valence-electron chi connectivity index (χ4n) is 3.29. The molecule has 0 saturated carbocycles. The summed E-state index contributed by atoms with van der Waals surface area (Å²) in [6, 6.07) is 12.8. The van der Waals surface area contributed by atoms with Crippen molar-refractivity contribution >= 4 is 17.5 Å². The second-order valence-corrected chi connectivity index (χ2v) is 6.55. The minimum atomic E-state index is -0.641. The summed E-state index contributed by atoms with van der Waals surface area (Å²) >= 11 is 0. The first-order valence-electron chi connectivity index (χ1n) is 9.06. The number of para-hydroxylation sites is 1. The Morgan fingerprint density at radius 3 is 2.58 bits per heavy atom. The zero-order valence-corrected chi connectivity index (χ0v) is 15.0. The maximum absolute atomic E-state index is 12.6. The molecule has 0 spiro atoms. The molecular weight excluding hydrogens is 328 g/mol. The summed E-state index contributed by atoms with van der Waals surface area (Å²) in [5, 5.41) is 2.76. The molecule has 2 aromatic rings. The number of hydrogen-bond donors (Lipinski definition) is 2. The molecule has 1 aliphatic carbocycles. The van der Waals surface area contributed by atoms with Crippen LogP contribution in [0.1, 0.15) is 47.7 Å². The van der Waals surface area contributed by atoms with E-state index in [0.717, 1.165) is 12.8 Å². The van der Waals surface area contributed by atoms with Gasteiger partial charge in [-0.1, -0.05) is 25.1 Å². The molecule has 2 amide bonds. The highest BCUT2D eigenvalue weighted by molar-refractivity contribution is 6.04. The van der Waals surface area contributed by atoms with Gasteiger partial charge in [0.25, 0.3) is 11.8 Å². The van der Waals surface area contributed by atoms with Crippen molar-refractivity contribution < 1.29 is 14.3 Å². The number of carbonyl (C=O) groups excluding carboxylic acids is 2. The predicted molar refractivity (Wildman–Crippen MR) is 101 cm³/mol. The number of anilines is 1. The van der Waals surface area contributed by atoms with Crippen molar-refractivity contribution in [3.8, 4) is 5.75 Å². The van der Waals surface area contributed by atoms with E-state index in [4.69, 9.17) is 10.5 Å². The predicted octanol–water partition coefficient (Wildman–Crippen LogP) is 3.46. The minimum Gasteiger partial charge on any atom is -0.481 e. The average molecular weight is 352 g/mol. The number of fused-ring (bicyclic) bond motifs is 1. The fourth-order valence-corrected chi connectivity index (χ4v) is 3.29. The standard InChI is InChI=1S/C21H24N2O3/c1-2-19(21(25)23-18-10-6-5-9-17(18)20(22)24)26-16-12-11-14-7-3-4-8-15(14)13-16/h5-6,9-13,19H,2-4,7-8H2,1H3,(H2,22,24)(H,23,25)/t19-/m1/s1. The second kappa shape index (κ2) is 8.04. The van der Waals surface area contributed by atoms with Crippen LogP contribution in [0.5, 0.6) is 5.75 Å². The summed E-state index contributed by atoms with van der Waals surface area (Å²) < 4.78 is 5.94. The molecule has 0 saturated heterocycles. The molecule has 1 atom stereocenters. The van der Waals surface area contributed by atoms with Crippen molar-refractivity contribution in [3.63, 3.8) is 0 Å². The first kappa shape index (κ1) is 18.0. The van der Waals surface area contributed by atoms with Gasteiger partial charge >= 0.3 is 0 Å². The lowest BCUT2D eigenvalue weighted by Crippen LogP contribution is -2.33. The molecule has 3 N–H and O–H groups in total. The molecule has 5 nitrogen and oxygen atoms in total. The van der Waals surface area contributed by atoms with Gasteiger partial charge < -0.3 is 15.8 Å². The number of benzene rings is 2. The Balaban J connectivity index is 1.73. The maximum Gasteiger partial charge on any atom is 0.265 e. The topological polar surface area (TPSA) is 81.4 Å². The van der Waals surface area contributed by atoms with Gasteiger partial charge in [0.05, 0.1) is 11.3 Å². The Morgan fingerprint density at radius 1 is 1.12 bits per heavy atom. The van der Waals surface area contributed by atoms with E-state index in [1.807, 2.05) is 19.1 Å². The molecule has 0 radical (unpaired) electrons. The molecule has 26 heavy (non-hydrogen) atoms. The summed E-state index contributed by atoms with van der Waals surface area (Å²) in [5.74, 6) is -0.167. The molecule has 2 aromatic carbocycles. The van der Waals surface area contributed by atoms with Crippen LogP contribution in [-0.2, 0) is 17.6 Å². The normalized spacial score (nSPS) is 14.2. The highest BCUT2D eigenvalue weighted by Gasteiger charge is 2.21. The number of nitrogens with one attached hydrogen (secondary N) is 1. The van der Waals surface area contributed by atoms with E-state index >= 15 is 0 Å². The van der Waals surface area contributed by atoms with Crippen molar-refractivity contribution in [3.05, 3.63) is 59.2 Å². The SMILES string of the molecule is CC[C@@H](Oc1ccc2c(c1)CCCC2)C(=O)Nc1ccccc1C(N)=O. The number of ether oxygens (including phenoxy) is 1. The lowest BCUT2D eigenvalue weighted by Gasteiger charge is -2.21. The number of nitrogens with two attached hydrogens (primary N) is 1. The van der Waals surface area contributed by atoms with Crippen molar-refractivity contribution in [2.75, 3.05) is 5.32 Å². The monoisotopic (exact) mass is 352 g/mol. The van der Waals surface area contributed by atoms with Gasteiger partial charge in [-0.3, -0.25) is 9.59 Å². The number of carbonyl (C=O) groups is 2. The fraction of sp³-hybridized carbons (Fsp3) is 0.333. The zero-order chi connectivity index (χ0) is 18.5. The van der Waals surface area contributed by atoms with Crippen molar-refractivity contribution in [2.45, 2.75) is 45.1 Å². The average Bonchev–Trinajstić information content (AvgIpc) is 2.66. The molecule has 0 aliphatic heterocycles. The Hall–Kier alpha value is -2.82. The third-order valence-corrected chi connectivity index (χ3v) is 4.71. The number of hydrogen-bond acceptors (Lipinski definition) is 3. The van der Waals surface area contributed by atoms with Gasteiger partial charge in [0, 0.05) is 0 Å². The van der Waals surface area contributed by atoms with E-state index in [1.54, 1.807) is 24.3 Å². The van der Waals surface area contributed by atoms with Crippen LogP contribution in [0.3, 0.4) is 0 Å². The number of amides is 2. The van der Waals surface area contributed by atoms with E-state index in [2.05, 4.69) is 11.4 Å². The Morgan fingerprint density at radius 2 is 1.85 bits per heavy atom. The number of primary amides is 1. The third kappa shape index (κ3) is 4.04. The van der Waals surface area contributed by atoms with Crippen LogP contribution in [0.25, 0.3) is 0 Å². The highest BCUT2D eigenvalue weighted by Crippen LogP contribution is 2.26. The minimum absolute atomic E-state index is 0.282. The lowest BCUT2D eigenvalue weighted by atomic mass is 9.92. The van der Waals surface area contributed by atoms with Crippen LogP contribution in [0.4, 0.5) is 5.69 Å². The van der Waals surface area contributed by atoms with Crippen molar-refractivity contribution in [1.82, 2.24) is 0 Å². The molecule has 0 unspecified atom stereocenters. The summed E-state index contributed by atoms with van der Waals surface area (Å²) in [5.41, 5.74) is 8.73. The molecule has 1 aliphatic rings. The van der Waals surface area contributed by atoms with Crippen LogP contribution in [0, 0.1) is 0 Å². The van der Waals surface area contributed by atoms with E-state index in [9.17, 15) is 9.59 Å². The maximum atomic E-state index is 12.6. The lowest BCUT2D eigenvalue weighted by molar-refractivity contribution is -0.122. The summed E-state index contributed by atoms with van der Waals surface area (Å²) in [7, 11) is 0. The van der Waals surface area contributed by atoms with Gasteiger partial charge in [-0.15, -0.1) is 0 Å². The van der Waals surface area contributed by atoms with Crippen LogP contribution in [0.2, 0.25) is 0 Å². The third-order valence-electron chi connectivity index (χ3n) is 4.71. The smallest absolute Gasteiger partial charge is 0.265 e. The molecule has 136 valence electrons. The van der Waals surface area contributed by atoms with E-state index in [0.29, 0.717) is 17.9 Å². The Bertz CT molecular complexity index is 817. The quantitative estimate of drug-likeness (QED) is 0.835. The van der Waals surface area contributed by atoms with E-state index in [-0.39, 0.29) is 11.5 Å².